The number of morpholine rings is 1. The average molecular weight is 391 g/mol. The van der Waals surface area contributed by atoms with Crippen LogP contribution in [0.4, 0.5) is 0 Å². The van der Waals surface area contributed by atoms with Crippen LogP contribution in [-0.4, -0.2) is 46.7 Å². The Morgan fingerprint density at radius 2 is 2.10 bits per heavy atom. The van der Waals surface area contributed by atoms with Crippen molar-refractivity contribution in [3.8, 4) is 0 Å². The summed E-state index contributed by atoms with van der Waals surface area (Å²) >= 11 is 0. The Morgan fingerprint density at radius 1 is 1.30 bits per heavy atom. The van der Waals surface area contributed by atoms with Gasteiger partial charge in [0.05, 0.1) is 25.5 Å². The third-order valence-electron chi connectivity index (χ3n) is 3.70. The van der Waals surface area contributed by atoms with E-state index in [1.807, 2.05) is 0 Å². The Bertz CT molecular complexity index is 444. The van der Waals surface area contributed by atoms with E-state index >= 15 is 0 Å². The fraction of sp³-hybridized carbons (Fsp3) is 0.692. The third kappa shape index (κ3) is 3.63. The van der Waals surface area contributed by atoms with Crippen molar-refractivity contribution in [2.45, 2.75) is 32.4 Å². The van der Waals surface area contributed by atoms with E-state index in [1.165, 1.54) is 18.7 Å². The van der Waals surface area contributed by atoms with Crippen molar-refractivity contribution >= 4 is 29.9 Å². The van der Waals surface area contributed by atoms with Crippen LogP contribution in [0.15, 0.2) is 11.2 Å². The van der Waals surface area contributed by atoms with Crippen molar-refractivity contribution in [3.63, 3.8) is 0 Å². The van der Waals surface area contributed by atoms with E-state index in [-0.39, 0.29) is 24.0 Å². The van der Waals surface area contributed by atoms with Crippen molar-refractivity contribution in [2.24, 2.45) is 10.7 Å². The number of hydrogen-bond acceptors (Lipinski definition) is 3. The van der Waals surface area contributed by atoms with Crippen molar-refractivity contribution < 1.29 is 4.74 Å². The maximum atomic E-state index is 6.00. The summed E-state index contributed by atoms with van der Waals surface area (Å²) in [4.78, 5) is 11.1. The zero-order valence-electron chi connectivity index (χ0n) is 11.6. The van der Waals surface area contributed by atoms with E-state index in [9.17, 15) is 0 Å². The Hall–Kier alpha value is -0.830. The summed E-state index contributed by atoms with van der Waals surface area (Å²) in [5, 5.41) is 0. The third-order valence-corrected chi connectivity index (χ3v) is 3.70. The van der Waals surface area contributed by atoms with E-state index in [2.05, 4.69) is 25.6 Å². The predicted octanol–water partition coefficient (Wildman–Crippen LogP) is 0.984. The molecule has 6 nitrogen and oxygen atoms in total. The smallest absolute Gasteiger partial charge is 0.191 e. The maximum Gasteiger partial charge on any atom is 0.191 e. The van der Waals surface area contributed by atoms with Gasteiger partial charge in [0, 0.05) is 32.3 Å². The predicted molar refractivity (Wildman–Crippen MR) is 88.3 cm³/mol. The number of aliphatic imine (C=N–C) groups is 1. The normalized spacial score (nSPS) is 19.4. The molecule has 0 aromatic carbocycles. The Labute approximate surface area is 136 Å². The van der Waals surface area contributed by atoms with Crippen LogP contribution in [0.5, 0.6) is 0 Å². The molecule has 3 rings (SSSR count). The van der Waals surface area contributed by atoms with Crippen LogP contribution in [0.1, 0.15) is 24.4 Å². The molecule has 1 fully saturated rings. The number of nitrogens with zero attached hydrogens (tertiary/aromatic N) is 4. The molecule has 3 heterocycles. The molecule has 2 aliphatic heterocycles. The number of ether oxygens (including phenoxy) is 1. The second kappa shape index (κ2) is 7.26. The molecule has 0 amide bonds. The summed E-state index contributed by atoms with van der Waals surface area (Å²) in [6, 6.07) is 0. The lowest BCUT2D eigenvalue weighted by Crippen LogP contribution is -2.44. The number of guanidine groups is 1. The molecular formula is C13H22IN5O. The molecule has 0 spiro atoms. The number of aromatic nitrogens is 2. The van der Waals surface area contributed by atoms with Gasteiger partial charge < -0.3 is 19.9 Å². The van der Waals surface area contributed by atoms with Gasteiger partial charge in [0.25, 0.3) is 0 Å². The van der Waals surface area contributed by atoms with E-state index in [4.69, 9.17) is 10.5 Å². The molecular weight excluding hydrogens is 369 g/mol. The zero-order valence-corrected chi connectivity index (χ0v) is 14.0. The van der Waals surface area contributed by atoms with Crippen LogP contribution in [0, 0.1) is 0 Å². The number of hydrogen-bond donors (Lipinski definition) is 1. The fourth-order valence-electron chi connectivity index (χ4n) is 2.60. The summed E-state index contributed by atoms with van der Waals surface area (Å²) in [6.07, 6.45) is 5.70. The second-order valence-electron chi connectivity index (χ2n) is 5.07. The van der Waals surface area contributed by atoms with Crippen LogP contribution in [0.2, 0.25) is 0 Å². The highest BCUT2D eigenvalue weighted by atomic mass is 127. The van der Waals surface area contributed by atoms with Crippen LogP contribution in [-0.2, 0) is 24.2 Å². The summed E-state index contributed by atoms with van der Waals surface area (Å²) in [5.74, 6) is 1.80. The number of rotatable bonds is 2. The molecule has 7 heteroatoms. The molecule has 0 bridgehead atoms. The first kappa shape index (κ1) is 15.6. The first-order chi connectivity index (χ1) is 9.33. The van der Waals surface area contributed by atoms with Gasteiger partial charge in [0.1, 0.15) is 5.82 Å². The summed E-state index contributed by atoms with van der Waals surface area (Å²) in [5.41, 5.74) is 7.03. The van der Waals surface area contributed by atoms with E-state index in [0.717, 1.165) is 45.0 Å². The number of imidazole rings is 1. The van der Waals surface area contributed by atoms with Crippen molar-refractivity contribution in [2.75, 3.05) is 26.3 Å². The minimum absolute atomic E-state index is 0. The van der Waals surface area contributed by atoms with Gasteiger partial charge in [0.2, 0.25) is 0 Å². The number of nitrogens with two attached hydrogens (primary N) is 1. The van der Waals surface area contributed by atoms with Crippen molar-refractivity contribution in [1.82, 2.24) is 14.5 Å². The molecule has 0 radical (unpaired) electrons. The molecule has 0 unspecified atom stereocenters. The highest BCUT2D eigenvalue weighted by molar-refractivity contribution is 14.0. The molecule has 1 saturated heterocycles. The van der Waals surface area contributed by atoms with Gasteiger partial charge in [-0.15, -0.1) is 24.0 Å². The molecule has 112 valence electrons. The van der Waals surface area contributed by atoms with Crippen LogP contribution in [0.25, 0.3) is 0 Å². The van der Waals surface area contributed by atoms with Crippen LogP contribution >= 0.6 is 24.0 Å². The molecule has 2 N–H and O–H groups in total. The summed E-state index contributed by atoms with van der Waals surface area (Å²) < 4.78 is 7.55. The summed E-state index contributed by atoms with van der Waals surface area (Å²) in [7, 11) is 0. The zero-order chi connectivity index (χ0) is 13.1. The topological polar surface area (TPSA) is 68.7 Å². The molecule has 20 heavy (non-hydrogen) atoms. The van der Waals surface area contributed by atoms with Gasteiger partial charge in [-0.3, -0.25) is 0 Å². The largest absolute Gasteiger partial charge is 0.378 e. The minimum Gasteiger partial charge on any atom is -0.378 e. The fourth-order valence-corrected chi connectivity index (χ4v) is 2.60. The number of fused-ring (bicyclic) bond motifs is 1. The lowest BCUT2D eigenvalue weighted by atomic mass is 10.2. The average Bonchev–Trinajstić information content (AvgIpc) is 2.88. The Balaban J connectivity index is 0.00000147. The molecule has 1 aromatic rings. The number of halogens is 1. The highest BCUT2D eigenvalue weighted by Gasteiger charge is 2.14. The van der Waals surface area contributed by atoms with Crippen molar-refractivity contribution in [3.05, 3.63) is 17.7 Å². The molecule has 2 aliphatic rings. The maximum absolute atomic E-state index is 6.00. The first-order valence-corrected chi connectivity index (χ1v) is 7.00. The lowest BCUT2D eigenvalue weighted by Gasteiger charge is -2.27. The quantitative estimate of drug-likeness (QED) is 0.464. The molecule has 1 aromatic heterocycles. The monoisotopic (exact) mass is 391 g/mol. The summed E-state index contributed by atoms with van der Waals surface area (Å²) in [6.45, 7) is 4.78. The van der Waals surface area contributed by atoms with E-state index < -0.39 is 0 Å². The lowest BCUT2D eigenvalue weighted by molar-refractivity contribution is 0.0674. The Kier molecular flexibility index (Phi) is 5.64. The molecule has 0 aliphatic carbocycles. The van der Waals surface area contributed by atoms with Crippen LogP contribution in [0.3, 0.4) is 0 Å². The van der Waals surface area contributed by atoms with Gasteiger partial charge in [-0.1, -0.05) is 0 Å². The van der Waals surface area contributed by atoms with Gasteiger partial charge in [-0.25, -0.2) is 9.98 Å². The minimum atomic E-state index is 0. The van der Waals surface area contributed by atoms with Gasteiger partial charge in [-0.05, 0) is 12.8 Å². The van der Waals surface area contributed by atoms with E-state index in [1.54, 1.807) is 0 Å². The standard InChI is InChI=1S/C13H21N5O.HI/c14-13(17-5-7-19-8-6-17)15-9-11-10-18-4-2-1-3-12(18)16-11;/h10H,1-9H2,(H2,14,15);1H. The van der Waals surface area contributed by atoms with Gasteiger partial charge in [0.15, 0.2) is 5.96 Å². The highest BCUT2D eigenvalue weighted by Crippen LogP contribution is 2.14. The van der Waals surface area contributed by atoms with Crippen LogP contribution < -0.4 is 5.73 Å². The molecule has 0 saturated carbocycles. The first-order valence-electron chi connectivity index (χ1n) is 7.00. The SMILES string of the molecule is I.NC(=NCc1cn2c(n1)CCCC2)N1CCOCC1. The van der Waals surface area contributed by atoms with Crippen molar-refractivity contribution in [1.29, 1.82) is 0 Å². The molecule has 0 atom stereocenters. The Morgan fingerprint density at radius 3 is 2.85 bits per heavy atom. The van der Waals surface area contributed by atoms with Gasteiger partial charge >= 0.3 is 0 Å². The second-order valence-corrected chi connectivity index (χ2v) is 5.07. The van der Waals surface area contributed by atoms with Gasteiger partial charge in [-0.2, -0.15) is 0 Å². The van der Waals surface area contributed by atoms with E-state index in [0.29, 0.717) is 12.5 Å². The number of aryl methyl sites for hydroxylation is 2.